The van der Waals surface area contributed by atoms with Gasteiger partial charge in [-0.3, -0.25) is 0 Å². The zero-order valence-electron chi connectivity index (χ0n) is 9.41. The average Bonchev–Trinajstić information content (AvgIpc) is 2.33. The number of aliphatic hydroxyl groups excluding tert-OH is 1. The largest absolute Gasteiger partial charge is 0.388 e. The molecular formula is C14H11Cl2FO. The number of aliphatic hydroxyl groups is 1. The van der Waals surface area contributed by atoms with Gasteiger partial charge in [-0.1, -0.05) is 47.5 Å². The summed E-state index contributed by atoms with van der Waals surface area (Å²) in [7, 11) is 0. The summed E-state index contributed by atoms with van der Waals surface area (Å²) >= 11 is 11.9. The van der Waals surface area contributed by atoms with Crippen molar-refractivity contribution < 1.29 is 9.50 Å². The number of rotatable bonds is 3. The fourth-order valence-corrected chi connectivity index (χ4v) is 2.26. The molecule has 1 atom stereocenters. The summed E-state index contributed by atoms with van der Waals surface area (Å²) < 4.78 is 12.9. The van der Waals surface area contributed by atoms with E-state index in [2.05, 4.69) is 0 Å². The molecule has 0 radical (unpaired) electrons. The Morgan fingerprint density at radius 2 is 1.78 bits per heavy atom. The summed E-state index contributed by atoms with van der Waals surface area (Å²) in [6, 6.07) is 11.2. The third-order valence-corrected chi connectivity index (χ3v) is 3.39. The first-order valence-electron chi connectivity index (χ1n) is 5.44. The van der Waals surface area contributed by atoms with Gasteiger partial charge in [-0.2, -0.15) is 0 Å². The molecule has 0 amide bonds. The predicted molar refractivity (Wildman–Crippen MR) is 71.5 cm³/mol. The number of halogens is 3. The van der Waals surface area contributed by atoms with E-state index in [-0.39, 0.29) is 0 Å². The fourth-order valence-electron chi connectivity index (χ4n) is 1.75. The maximum Gasteiger partial charge on any atom is 0.124 e. The Morgan fingerprint density at radius 1 is 1.06 bits per heavy atom. The van der Waals surface area contributed by atoms with Crippen molar-refractivity contribution in [2.45, 2.75) is 12.5 Å². The third kappa shape index (κ3) is 3.02. The highest BCUT2D eigenvalue weighted by Gasteiger charge is 2.13. The molecule has 0 fully saturated rings. The van der Waals surface area contributed by atoms with E-state index in [4.69, 9.17) is 23.2 Å². The average molecular weight is 285 g/mol. The van der Waals surface area contributed by atoms with Crippen LogP contribution in [0.25, 0.3) is 0 Å². The first-order valence-corrected chi connectivity index (χ1v) is 6.20. The third-order valence-electron chi connectivity index (χ3n) is 2.69. The van der Waals surface area contributed by atoms with Crippen LogP contribution >= 0.6 is 23.2 Å². The Morgan fingerprint density at radius 3 is 2.44 bits per heavy atom. The first-order chi connectivity index (χ1) is 8.58. The minimum atomic E-state index is -0.762. The number of hydrogen-bond acceptors (Lipinski definition) is 1. The molecule has 0 heterocycles. The van der Waals surface area contributed by atoms with Crippen LogP contribution in [0.15, 0.2) is 42.5 Å². The van der Waals surface area contributed by atoms with Crippen molar-refractivity contribution in [1.82, 2.24) is 0 Å². The number of hydrogen-bond donors (Lipinski definition) is 1. The zero-order chi connectivity index (χ0) is 13.1. The van der Waals surface area contributed by atoms with Crippen molar-refractivity contribution in [1.29, 1.82) is 0 Å². The highest BCUT2D eigenvalue weighted by Crippen LogP contribution is 2.28. The molecule has 0 spiro atoms. The van der Waals surface area contributed by atoms with Crippen molar-refractivity contribution in [2.24, 2.45) is 0 Å². The summed E-state index contributed by atoms with van der Waals surface area (Å²) in [6.07, 6.45) is -0.468. The molecule has 0 aliphatic rings. The quantitative estimate of drug-likeness (QED) is 0.885. The predicted octanol–water partition coefficient (Wildman–Crippen LogP) is 4.41. The van der Waals surface area contributed by atoms with Crippen LogP contribution in [0, 0.1) is 5.82 Å². The van der Waals surface area contributed by atoms with Gasteiger partial charge < -0.3 is 5.11 Å². The molecule has 0 saturated carbocycles. The Bertz CT molecular complexity index is 557. The van der Waals surface area contributed by atoms with E-state index in [1.807, 2.05) is 0 Å². The van der Waals surface area contributed by atoms with E-state index in [1.165, 1.54) is 12.1 Å². The molecule has 94 valence electrons. The van der Waals surface area contributed by atoms with E-state index in [0.29, 0.717) is 27.6 Å². The maximum absolute atomic E-state index is 12.9. The van der Waals surface area contributed by atoms with Crippen molar-refractivity contribution in [3.05, 3.63) is 69.5 Å². The zero-order valence-corrected chi connectivity index (χ0v) is 10.9. The van der Waals surface area contributed by atoms with Gasteiger partial charge in [0.05, 0.1) is 6.10 Å². The standard InChI is InChI=1S/C14H11Cl2FO/c15-12-4-2-1-3-11(12)14(18)7-9-5-6-10(17)8-13(9)16/h1-6,8,14,18H,7H2. The van der Waals surface area contributed by atoms with Crippen LogP contribution in [0.2, 0.25) is 10.0 Å². The van der Waals surface area contributed by atoms with Gasteiger partial charge >= 0.3 is 0 Å². The summed E-state index contributed by atoms with van der Waals surface area (Å²) in [5, 5.41) is 10.9. The van der Waals surface area contributed by atoms with Gasteiger partial charge in [0.1, 0.15) is 5.82 Å². The van der Waals surface area contributed by atoms with Crippen molar-refractivity contribution in [2.75, 3.05) is 0 Å². The highest BCUT2D eigenvalue weighted by molar-refractivity contribution is 6.31. The van der Waals surface area contributed by atoms with Crippen LogP contribution in [-0.4, -0.2) is 5.11 Å². The monoisotopic (exact) mass is 284 g/mol. The van der Waals surface area contributed by atoms with E-state index in [1.54, 1.807) is 30.3 Å². The van der Waals surface area contributed by atoms with Gasteiger partial charge in [0, 0.05) is 16.5 Å². The summed E-state index contributed by atoms with van der Waals surface area (Å²) in [6.45, 7) is 0. The smallest absolute Gasteiger partial charge is 0.124 e. The van der Waals surface area contributed by atoms with E-state index >= 15 is 0 Å². The second kappa shape index (κ2) is 5.70. The molecule has 0 aliphatic carbocycles. The van der Waals surface area contributed by atoms with Gasteiger partial charge in [-0.15, -0.1) is 0 Å². The van der Waals surface area contributed by atoms with Gasteiger partial charge in [0.2, 0.25) is 0 Å². The van der Waals surface area contributed by atoms with Crippen LogP contribution in [0.1, 0.15) is 17.2 Å². The molecule has 1 N–H and O–H groups in total. The lowest BCUT2D eigenvalue weighted by molar-refractivity contribution is 0.178. The van der Waals surface area contributed by atoms with E-state index < -0.39 is 11.9 Å². The summed E-state index contributed by atoms with van der Waals surface area (Å²) in [5.74, 6) is -0.393. The van der Waals surface area contributed by atoms with Crippen LogP contribution in [0.3, 0.4) is 0 Å². The van der Waals surface area contributed by atoms with Crippen LogP contribution < -0.4 is 0 Å². The molecular weight excluding hydrogens is 274 g/mol. The second-order valence-electron chi connectivity index (χ2n) is 3.98. The van der Waals surface area contributed by atoms with Gasteiger partial charge in [-0.05, 0) is 29.3 Å². The van der Waals surface area contributed by atoms with E-state index in [9.17, 15) is 9.50 Å². The lowest BCUT2D eigenvalue weighted by Crippen LogP contribution is -2.03. The van der Waals surface area contributed by atoms with Crippen molar-refractivity contribution >= 4 is 23.2 Å². The van der Waals surface area contributed by atoms with E-state index in [0.717, 1.165) is 0 Å². The SMILES string of the molecule is OC(Cc1ccc(F)cc1Cl)c1ccccc1Cl. The Balaban J connectivity index is 2.21. The molecule has 2 rings (SSSR count). The lowest BCUT2D eigenvalue weighted by atomic mass is 10.0. The molecule has 0 aromatic heterocycles. The van der Waals surface area contributed by atoms with Crippen molar-refractivity contribution in [3.63, 3.8) is 0 Å². The lowest BCUT2D eigenvalue weighted by Gasteiger charge is -2.13. The molecule has 18 heavy (non-hydrogen) atoms. The van der Waals surface area contributed by atoms with Crippen LogP contribution in [0.4, 0.5) is 4.39 Å². The Hall–Kier alpha value is -1.09. The highest BCUT2D eigenvalue weighted by atomic mass is 35.5. The summed E-state index contributed by atoms with van der Waals surface area (Å²) in [5.41, 5.74) is 1.32. The van der Waals surface area contributed by atoms with Crippen LogP contribution in [0.5, 0.6) is 0 Å². The van der Waals surface area contributed by atoms with Crippen LogP contribution in [-0.2, 0) is 6.42 Å². The number of benzene rings is 2. The molecule has 2 aromatic rings. The molecule has 4 heteroatoms. The van der Waals surface area contributed by atoms with Gasteiger partial charge in [0.15, 0.2) is 0 Å². The molecule has 0 bridgehead atoms. The second-order valence-corrected chi connectivity index (χ2v) is 4.79. The van der Waals surface area contributed by atoms with Crippen molar-refractivity contribution in [3.8, 4) is 0 Å². The molecule has 1 nitrogen and oxygen atoms in total. The molecule has 1 unspecified atom stereocenters. The van der Waals surface area contributed by atoms with Gasteiger partial charge in [0.25, 0.3) is 0 Å². The summed E-state index contributed by atoms with van der Waals surface area (Å²) in [4.78, 5) is 0. The topological polar surface area (TPSA) is 20.2 Å². The Kier molecular flexibility index (Phi) is 4.23. The fraction of sp³-hybridized carbons (Fsp3) is 0.143. The minimum absolute atomic E-state index is 0.294. The maximum atomic E-state index is 12.9. The Labute approximate surface area is 115 Å². The normalized spacial score (nSPS) is 12.4. The molecule has 0 saturated heterocycles. The molecule has 2 aromatic carbocycles. The minimum Gasteiger partial charge on any atom is -0.388 e. The molecule has 0 aliphatic heterocycles. The first kappa shape index (κ1) is 13.3. The van der Waals surface area contributed by atoms with Gasteiger partial charge in [-0.25, -0.2) is 4.39 Å².